The van der Waals surface area contributed by atoms with Crippen LogP contribution in [0.1, 0.15) is 40.9 Å². The van der Waals surface area contributed by atoms with E-state index in [4.69, 9.17) is 4.42 Å². The first-order valence-corrected chi connectivity index (χ1v) is 8.61. The van der Waals surface area contributed by atoms with Crippen molar-refractivity contribution in [1.82, 2.24) is 15.1 Å². The van der Waals surface area contributed by atoms with E-state index in [1.165, 1.54) is 0 Å². The van der Waals surface area contributed by atoms with Gasteiger partial charge in [0.05, 0.1) is 5.92 Å². The molecule has 1 aliphatic rings. The first kappa shape index (κ1) is 17.5. The minimum absolute atomic E-state index is 0.0715. The Hall–Kier alpha value is -2.90. The van der Waals surface area contributed by atoms with Crippen molar-refractivity contribution in [1.29, 1.82) is 0 Å². The van der Waals surface area contributed by atoms with E-state index in [1.807, 2.05) is 36.4 Å². The number of halogens is 3. The SMILES string of the molecule is O=C(c1cccc2ccccc12)N1CCC[C@@H](c2nnc(C(F)(F)F)o2)C1. The fourth-order valence-corrected chi connectivity index (χ4v) is 3.46. The number of amides is 1. The van der Waals surface area contributed by atoms with Crippen molar-refractivity contribution in [3.8, 4) is 0 Å². The van der Waals surface area contributed by atoms with Gasteiger partial charge in [0.25, 0.3) is 5.91 Å². The summed E-state index contributed by atoms with van der Waals surface area (Å²) in [5, 5.41) is 8.45. The van der Waals surface area contributed by atoms with Crippen LogP contribution in [0.4, 0.5) is 13.2 Å². The molecule has 3 aromatic rings. The van der Waals surface area contributed by atoms with Crippen LogP contribution in [0.15, 0.2) is 46.9 Å². The molecule has 8 heteroatoms. The molecule has 2 heterocycles. The lowest BCUT2D eigenvalue weighted by Gasteiger charge is -2.31. The summed E-state index contributed by atoms with van der Waals surface area (Å²) in [6.45, 7) is 0.792. The van der Waals surface area contributed by atoms with E-state index in [-0.39, 0.29) is 18.3 Å². The van der Waals surface area contributed by atoms with Gasteiger partial charge in [-0.3, -0.25) is 4.79 Å². The third kappa shape index (κ3) is 3.39. The second kappa shape index (κ2) is 6.68. The predicted molar refractivity (Wildman–Crippen MR) is 91.1 cm³/mol. The third-order valence-corrected chi connectivity index (χ3v) is 4.76. The largest absolute Gasteiger partial charge is 0.470 e. The number of benzene rings is 2. The molecule has 1 aliphatic heterocycles. The molecule has 1 fully saturated rings. The van der Waals surface area contributed by atoms with E-state index in [0.29, 0.717) is 24.9 Å². The Morgan fingerprint density at radius 2 is 1.89 bits per heavy atom. The number of piperidine rings is 1. The zero-order valence-electron chi connectivity index (χ0n) is 14.2. The van der Waals surface area contributed by atoms with Gasteiger partial charge >= 0.3 is 12.1 Å². The predicted octanol–water partition coefficient (Wildman–Crippen LogP) is 4.26. The Balaban J connectivity index is 1.57. The lowest BCUT2D eigenvalue weighted by Crippen LogP contribution is -2.39. The zero-order valence-corrected chi connectivity index (χ0v) is 14.2. The van der Waals surface area contributed by atoms with Crippen LogP contribution in [0.25, 0.3) is 10.8 Å². The molecule has 1 amide bonds. The van der Waals surface area contributed by atoms with Crippen molar-refractivity contribution < 1.29 is 22.4 Å². The van der Waals surface area contributed by atoms with Gasteiger partial charge in [0, 0.05) is 18.7 Å². The van der Waals surface area contributed by atoms with Gasteiger partial charge in [-0.15, -0.1) is 10.2 Å². The van der Waals surface area contributed by atoms with Crippen molar-refractivity contribution in [2.24, 2.45) is 0 Å². The van der Waals surface area contributed by atoms with Crippen molar-refractivity contribution in [2.45, 2.75) is 24.9 Å². The number of carbonyl (C=O) groups is 1. The van der Waals surface area contributed by atoms with Crippen LogP contribution >= 0.6 is 0 Å². The molecule has 0 radical (unpaired) electrons. The van der Waals surface area contributed by atoms with Crippen LogP contribution in [-0.4, -0.2) is 34.1 Å². The van der Waals surface area contributed by atoms with Crippen molar-refractivity contribution in [3.63, 3.8) is 0 Å². The number of nitrogens with zero attached hydrogens (tertiary/aromatic N) is 3. The number of hydrogen-bond acceptors (Lipinski definition) is 4. The van der Waals surface area contributed by atoms with E-state index in [0.717, 1.165) is 10.8 Å². The summed E-state index contributed by atoms with van der Waals surface area (Å²) in [4.78, 5) is 14.7. The standard InChI is InChI=1S/C19H16F3N3O2/c20-19(21,22)18-24-23-16(27-18)13-7-4-10-25(11-13)17(26)15-9-3-6-12-5-1-2-8-14(12)15/h1-3,5-6,8-9,13H,4,7,10-11H2/t13-/m1/s1. The van der Waals surface area contributed by atoms with Crippen LogP contribution in [0.5, 0.6) is 0 Å². The van der Waals surface area contributed by atoms with E-state index in [1.54, 1.807) is 11.0 Å². The molecule has 0 bridgehead atoms. The summed E-state index contributed by atoms with van der Waals surface area (Å²) >= 11 is 0. The fraction of sp³-hybridized carbons (Fsp3) is 0.316. The topological polar surface area (TPSA) is 59.2 Å². The van der Waals surface area contributed by atoms with E-state index in [9.17, 15) is 18.0 Å². The maximum Gasteiger partial charge on any atom is 0.470 e. The van der Waals surface area contributed by atoms with E-state index < -0.39 is 18.0 Å². The van der Waals surface area contributed by atoms with Gasteiger partial charge in [-0.05, 0) is 29.7 Å². The molecule has 0 aliphatic carbocycles. The average molecular weight is 375 g/mol. The molecule has 1 saturated heterocycles. The van der Waals surface area contributed by atoms with Gasteiger partial charge in [0.15, 0.2) is 0 Å². The summed E-state index contributed by atoms with van der Waals surface area (Å²) in [6.07, 6.45) is -3.41. The van der Waals surface area contributed by atoms with Gasteiger partial charge in [0.2, 0.25) is 5.89 Å². The smallest absolute Gasteiger partial charge is 0.417 e. The highest BCUT2D eigenvalue weighted by molar-refractivity contribution is 6.07. The number of carbonyl (C=O) groups excluding carboxylic acids is 1. The molecule has 1 aromatic heterocycles. The number of fused-ring (bicyclic) bond motifs is 1. The van der Waals surface area contributed by atoms with Gasteiger partial charge in [-0.2, -0.15) is 13.2 Å². The maximum atomic E-state index is 13.0. The molecular weight excluding hydrogens is 359 g/mol. The molecule has 140 valence electrons. The Kier molecular flexibility index (Phi) is 4.33. The fourth-order valence-electron chi connectivity index (χ4n) is 3.46. The number of hydrogen-bond donors (Lipinski definition) is 0. The summed E-state index contributed by atoms with van der Waals surface area (Å²) in [7, 11) is 0. The second-order valence-electron chi connectivity index (χ2n) is 6.56. The Morgan fingerprint density at radius 3 is 2.67 bits per heavy atom. The summed E-state index contributed by atoms with van der Waals surface area (Å²) < 4.78 is 42.9. The van der Waals surface area contributed by atoms with Crippen molar-refractivity contribution >= 4 is 16.7 Å². The Labute approximate surface area is 152 Å². The van der Waals surface area contributed by atoms with Crippen LogP contribution < -0.4 is 0 Å². The average Bonchev–Trinajstić information content (AvgIpc) is 3.18. The van der Waals surface area contributed by atoms with Crippen LogP contribution in [0.3, 0.4) is 0 Å². The van der Waals surface area contributed by atoms with Gasteiger partial charge in [0.1, 0.15) is 0 Å². The number of aromatic nitrogens is 2. The number of likely N-dealkylation sites (tertiary alicyclic amines) is 1. The molecule has 0 spiro atoms. The number of rotatable bonds is 2. The summed E-state index contributed by atoms with van der Waals surface area (Å²) in [6, 6.07) is 13.1. The molecule has 1 atom stereocenters. The van der Waals surface area contributed by atoms with Crippen molar-refractivity contribution in [2.75, 3.05) is 13.1 Å². The zero-order chi connectivity index (χ0) is 19.0. The van der Waals surface area contributed by atoms with E-state index in [2.05, 4.69) is 10.2 Å². The first-order chi connectivity index (χ1) is 12.9. The quantitative estimate of drug-likeness (QED) is 0.672. The van der Waals surface area contributed by atoms with Crippen LogP contribution in [0, 0.1) is 0 Å². The highest BCUT2D eigenvalue weighted by Gasteiger charge is 2.39. The first-order valence-electron chi connectivity index (χ1n) is 8.61. The maximum absolute atomic E-state index is 13.0. The normalized spacial score (nSPS) is 18.0. The third-order valence-electron chi connectivity index (χ3n) is 4.76. The molecule has 5 nitrogen and oxygen atoms in total. The van der Waals surface area contributed by atoms with E-state index >= 15 is 0 Å². The lowest BCUT2D eigenvalue weighted by molar-refractivity contribution is -0.157. The van der Waals surface area contributed by atoms with Crippen LogP contribution in [-0.2, 0) is 6.18 Å². The van der Waals surface area contributed by atoms with Crippen molar-refractivity contribution in [3.05, 3.63) is 59.8 Å². The molecule has 27 heavy (non-hydrogen) atoms. The highest BCUT2D eigenvalue weighted by Crippen LogP contribution is 2.32. The molecule has 0 N–H and O–H groups in total. The van der Waals surface area contributed by atoms with Crippen LogP contribution in [0.2, 0.25) is 0 Å². The summed E-state index contributed by atoms with van der Waals surface area (Å²) in [5.74, 6) is -1.97. The molecule has 0 saturated carbocycles. The monoisotopic (exact) mass is 375 g/mol. The Bertz CT molecular complexity index is 978. The molecule has 2 aromatic carbocycles. The minimum Gasteiger partial charge on any atom is -0.417 e. The van der Waals surface area contributed by atoms with Gasteiger partial charge in [-0.1, -0.05) is 36.4 Å². The molecular formula is C19H16F3N3O2. The minimum atomic E-state index is -4.67. The van der Waals surface area contributed by atoms with Gasteiger partial charge in [-0.25, -0.2) is 0 Å². The summed E-state index contributed by atoms with van der Waals surface area (Å²) in [5.41, 5.74) is 0.579. The highest BCUT2D eigenvalue weighted by atomic mass is 19.4. The lowest BCUT2D eigenvalue weighted by atomic mass is 9.96. The Morgan fingerprint density at radius 1 is 1.11 bits per heavy atom. The number of alkyl halides is 3. The van der Waals surface area contributed by atoms with Gasteiger partial charge < -0.3 is 9.32 Å². The molecule has 0 unspecified atom stereocenters. The second-order valence-corrected chi connectivity index (χ2v) is 6.56. The molecule has 4 rings (SSSR count).